The van der Waals surface area contributed by atoms with Crippen LogP contribution in [0.3, 0.4) is 0 Å². The van der Waals surface area contributed by atoms with E-state index in [1.165, 1.54) is 0 Å². The number of thiophene rings is 1. The molecule has 0 radical (unpaired) electrons. The maximum absolute atomic E-state index is 12.2. The molecule has 1 saturated carbocycles. The summed E-state index contributed by atoms with van der Waals surface area (Å²) in [7, 11) is 0. The lowest BCUT2D eigenvalue weighted by Gasteiger charge is -2.33. The Kier molecular flexibility index (Phi) is 8.05. The van der Waals surface area contributed by atoms with Gasteiger partial charge in [0.05, 0.1) is 18.0 Å². The summed E-state index contributed by atoms with van der Waals surface area (Å²) in [5.74, 6) is 0.633. The average Bonchev–Trinajstić information content (AvgIpc) is 3.20. The number of ether oxygens (including phenoxy) is 2. The second-order valence-electron chi connectivity index (χ2n) is 12.0. The number of carbonyl (C=O) groups excluding carboxylic acids is 2. The van der Waals surface area contributed by atoms with Crippen LogP contribution in [0.15, 0.2) is 16.8 Å². The molecule has 1 aromatic rings. The topological polar surface area (TPSA) is 101 Å². The third-order valence-electron chi connectivity index (χ3n) is 6.98. The van der Waals surface area contributed by atoms with Gasteiger partial charge in [-0.2, -0.15) is 16.6 Å². The van der Waals surface area contributed by atoms with Gasteiger partial charge in [-0.1, -0.05) is 0 Å². The fraction of sp³-hybridized carbons (Fsp3) is 0.731. The molecule has 4 aliphatic rings. The minimum absolute atomic E-state index is 0.0220. The molecule has 0 N–H and O–H groups in total. The molecule has 204 valence electrons. The smallest absolute Gasteiger partial charge is 0.410 e. The molecule has 4 fully saturated rings. The molecule has 0 spiro atoms. The lowest BCUT2D eigenvalue weighted by Crippen LogP contribution is -2.49. The Morgan fingerprint density at radius 2 is 1.57 bits per heavy atom. The van der Waals surface area contributed by atoms with Crippen molar-refractivity contribution in [2.24, 2.45) is 11.8 Å². The molecule has 2 amide bonds. The number of fused-ring (bicyclic) bond motifs is 2. The predicted octanol–water partition coefficient (Wildman–Crippen LogP) is 5.37. The molecule has 9 nitrogen and oxygen atoms in total. The van der Waals surface area contributed by atoms with E-state index in [-0.39, 0.29) is 35.7 Å². The first-order chi connectivity index (χ1) is 17.3. The molecule has 0 bridgehead atoms. The van der Waals surface area contributed by atoms with Crippen LogP contribution in [0.25, 0.3) is 0 Å². The van der Waals surface area contributed by atoms with Crippen LogP contribution in [0, 0.1) is 23.2 Å². The predicted molar refractivity (Wildman–Crippen MR) is 141 cm³/mol. The number of rotatable bonds is 1. The fourth-order valence-corrected chi connectivity index (χ4v) is 6.60. The summed E-state index contributed by atoms with van der Waals surface area (Å²) in [6, 6.07) is 4.58. The molecular formula is C26H37N3O6S2. The van der Waals surface area contributed by atoms with Gasteiger partial charge in [0, 0.05) is 25.6 Å². The van der Waals surface area contributed by atoms with Crippen LogP contribution in [0.5, 0.6) is 0 Å². The van der Waals surface area contributed by atoms with Crippen molar-refractivity contribution in [2.45, 2.75) is 83.2 Å². The van der Waals surface area contributed by atoms with Gasteiger partial charge in [0.15, 0.2) is 12.3 Å². The summed E-state index contributed by atoms with van der Waals surface area (Å²) in [6.07, 6.45) is 1.25. The van der Waals surface area contributed by atoms with Crippen LogP contribution in [-0.2, 0) is 23.3 Å². The van der Waals surface area contributed by atoms with Crippen molar-refractivity contribution in [3.63, 3.8) is 0 Å². The first-order valence-electron chi connectivity index (χ1n) is 12.7. The summed E-state index contributed by atoms with van der Waals surface area (Å²) in [4.78, 5) is 27.4. The molecule has 3 saturated heterocycles. The maximum atomic E-state index is 12.2. The van der Waals surface area contributed by atoms with Crippen LogP contribution in [0.2, 0.25) is 0 Å². The summed E-state index contributed by atoms with van der Waals surface area (Å²) in [5.41, 5.74) is -0.181. The van der Waals surface area contributed by atoms with Gasteiger partial charge in [-0.15, -0.1) is 0 Å². The largest absolute Gasteiger partial charge is 0.444 e. The van der Waals surface area contributed by atoms with Crippen molar-refractivity contribution >= 4 is 35.8 Å². The highest BCUT2D eigenvalue weighted by molar-refractivity contribution is 7.90. The molecule has 3 aliphatic heterocycles. The SMILES string of the molecule is CC(C)(C)OC(=O)N1CCC2C(C1)C2(C#N)c1ccsc1.CC(C)(C)OC(=O)N1CCC2OSOC2C1. The highest BCUT2D eigenvalue weighted by Gasteiger charge is 2.68. The Labute approximate surface area is 227 Å². The molecule has 0 aromatic carbocycles. The van der Waals surface area contributed by atoms with Gasteiger partial charge in [-0.3, -0.25) is 8.37 Å². The van der Waals surface area contributed by atoms with E-state index in [0.29, 0.717) is 32.1 Å². The molecular weight excluding hydrogens is 514 g/mol. The van der Waals surface area contributed by atoms with E-state index in [1.54, 1.807) is 21.1 Å². The Balaban J connectivity index is 0.000000180. The number of nitrogens with zero attached hydrogens (tertiary/aromatic N) is 3. The minimum atomic E-state index is -0.475. The Morgan fingerprint density at radius 3 is 2.14 bits per heavy atom. The van der Waals surface area contributed by atoms with Crippen LogP contribution >= 0.6 is 23.7 Å². The molecule has 4 heterocycles. The van der Waals surface area contributed by atoms with Crippen molar-refractivity contribution < 1.29 is 27.4 Å². The lowest BCUT2D eigenvalue weighted by molar-refractivity contribution is -0.000758. The number of nitriles is 1. The van der Waals surface area contributed by atoms with E-state index in [2.05, 4.69) is 11.4 Å². The summed E-state index contributed by atoms with van der Waals surface area (Å²) in [6.45, 7) is 13.7. The Morgan fingerprint density at radius 1 is 0.973 bits per heavy atom. The first kappa shape index (κ1) is 28.0. The Bertz CT molecular complexity index is 1010. The normalized spacial score (nSPS) is 30.7. The first-order valence-corrected chi connectivity index (χ1v) is 14.3. The number of hydrogen-bond acceptors (Lipinski definition) is 9. The molecule has 37 heavy (non-hydrogen) atoms. The van der Waals surface area contributed by atoms with Crippen LogP contribution in [0.1, 0.15) is 59.9 Å². The maximum Gasteiger partial charge on any atom is 0.410 e. The summed E-state index contributed by atoms with van der Waals surface area (Å²) in [5, 5.41) is 13.8. The highest BCUT2D eigenvalue weighted by Crippen LogP contribution is 2.63. The summed E-state index contributed by atoms with van der Waals surface area (Å²) < 4.78 is 21.4. The van der Waals surface area contributed by atoms with Crippen molar-refractivity contribution in [1.82, 2.24) is 9.80 Å². The second kappa shape index (κ2) is 10.6. The van der Waals surface area contributed by atoms with E-state index in [4.69, 9.17) is 17.8 Å². The molecule has 5 unspecified atom stereocenters. The molecule has 1 aliphatic carbocycles. The van der Waals surface area contributed by atoms with Gasteiger partial charge in [0.2, 0.25) is 0 Å². The van der Waals surface area contributed by atoms with Gasteiger partial charge < -0.3 is 19.3 Å². The van der Waals surface area contributed by atoms with Crippen molar-refractivity contribution in [1.29, 1.82) is 5.26 Å². The zero-order chi connectivity index (χ0) is 27.0. The number of piperidine rings is 2. The molecule has 5 atom stereocenters. The fourth-order valence-electron chi connectivity index (χ4n) is 5.23. The Hall–Kier alpha value is -2.00. The molecule has 11 heteroatoms. The van der Waals surface area contributed by atoms with Crippen molar-refractivity contribution in [3.05, 3.63) is 22.4 Å². The standard InChI is InChI=1S/C16H20N2O2S.C10H17NO4S/c1-15(2,3)20-14(19)18-6-4-12-13(8-18)16(12,10-17)11-5-7-21-9-11;1-10(2,3)13-9(12)11-5-4-7-8(6-11)15-16-14-7/h5,7,9,12-13H,4,6,8H2,1-3H3;7-8H,4-6H2,1-3H3. The highest BCUT2D eigenvalue weighted by atomic mass is 32.2. The monoisotopic (exact) mass is 551 g/mol. The third-order valence-corrected chi connectivity index (χ3v) is 8.32. The lowest BCUT2D eigenvalue weighted by atomic mass is 9.96. The van der Waals surface area contributed by atoms with Crippen molar-refractivity contribution in [2.75, 3.05) is 26.2 Å². The number of carbonyl (C=O) groups is 2. The summed E-state index contributed by atoms with van der Waals surface area (Å²) >= 11 is 2.65. The van der Waals surface area contributed by atoms with E-state index in [0.717, 1.165) is 30.7 Å². The number of hydrogen-bond donors (Lipinski definition) is 0. The zero-order valence-corrected chi connectivity index (χ0v) is 24.0. The van der Waals surface area contributed by atoms with Crippen LogP contribution in [-0.4, -0.2) is 71.6 Å². The van der Waals surface area contributed by atoms with Gasteiger partial charge in [-0.25, -0.2) is 9.59 Å². The van der Waals surface area contributed by atoms with E-state index < -0.39 is 11.2 Å². The second-order valence-corrected chi connectivity index (χ2v) is 13.3. The van der Waals surface area contributed by atoms with E-state index in [1.807, 2.05) is 53.0 Å². The van der Waals surface area contributed by atoms with Crippen LogP contribution < -0.4 is 0 Å². The molecule has 5 rings (SSSR count). The van der Waals surface area contributed by atoms with E-state index >= 15 is 0 Å². The third kappa shape index (κ3) is 6.36. The van der Waals surface area contributed by atoms with Crippen molar-refractivity contribution in [3.8, 4) is 6.07 Å². The molecule has 1 aromatic heterocycles. The number of likely N-dealkylation sites (tertiary alicyclic amines) is 2. The minimum Gasteiger partial charge on any atom is -0.444 e. The zero-order valence-electron chi connectivity index (χ0n) is 22.4. The van der Waals surface area contributed by atoms with Gasteiger partial charge >= 0.3 is 12.2 Å². The quantitative estimate of drug-likeness (QED) is 0.429. The average molecular weight is 552 g/mol. The van der Waals surface area contributed by atoms with Crippen LogP contribution in [0.4, 0.5) is 9.59 Å². The van der Waals surface area contributed by atoms with Gasteiger partial charge in [-0.05, 0) is 82.7 Å². The number of amides is 2. The van der Waals surface area contributed by atoms with E-state index in [9.17, 15) is 14.9 Å². The van der Waals surface area contributed by atoms with Gasteiger partial charge in [0.25, 0.3) is 0 Å². The van der Waals surface area contributed by atoms with Gasteiger partial charge in [0.1, 0.15) is 23.4 Å².